The van der Waals surface area contributed by atoms with Gasteiger partial charge in [-0.25, -0.2) is 4.39 Å². The van der Waals surface area contributed by atoms with Crippen LogP contribution in [0.1, 0.15) is 38.7 Å². The summed E-state index contributed by atoms with van der Waals surface area (Å²) >= 11 is 0. The average molecular weight is 279 g/mol. The van der Waals surface area contributed by atoms with E-state index in [1.807, 2.05) is 12.1 Å². The van der Waals surface area contributed by atoms with Crippen LogP contribution in [-0.4, -0.2) is 20.2 Å². The first-order valence-electron chi connectivity index (χ1n) is 7.58. The van der Waals surface area contributed by atoms with Crippen LogP contribution in [0.15, 0.2) is 18.2 Å². The minimum atomic E-state index is -0.190. The first-order chi connectivity index (χ1) is 9.56. The monoisotopic (exact) mass is 279 g/mol. The Bertz CT molecular complexity index is 441. The van der Waals surface area contributed by atoms with E-state index in [4.69, 9.17) is 4.74 Å². The molecule has 0 atom stereocenters. The van der Waals surface area contributed by atoms with E-state index >= 15 is 0 Å². The van der Waals surface area contributed by atoms with Gasteiger partial charge < -0.3 is 10.1 Å². The normalized spacial score (nSPS) is 17.1. The summed E-state index contributed by atoms with van der Waals surface area (Å²) in [5.74, 6) is 0.818. The smallest absolute Gasteiger partial charge is 0.168 e. The summed E-state index contributed by atoms with van der Waals surface area (Å²) in [6.45, 7) is 6.44. The Labute approximate surface area is 121 Å². The maximum atomic E-state index is 14.3. The minimum absolute atomic E-state index is 0.190. The van der Waals surface area contributed by atoms with Gasteiger partial charge in [0.05, 0.1) is 7.11 Å². The summed E-state index contributed by atoms with van der Waals surface area (Å²) in [7, 11) is 1.52. The number of hydrogen-bond donors (Lipinski definition) is 1. The molecule has 1 aromatic rings. The van der Waals surface area contributed by atoms with Crippen molar-refractivity contribution in [2.45, 2.75) is 39.5 Å². The van der Waals surface area contributed by atoms with Gasteiger partial charge in [0.1, 0.15) is 0 Å². The SMILES string of the molecule is COc1cccc(CC2(CNCC(C)C)CCC2)c1F. The Kier molecular flexibility index (Phi) is 5.03. The Balaban J connectivity index is 2.02. The van der Waals surface area contributed by atoms with Gasteiger partial charge in [-0.2, -0.15) is 0 Å². The molecule has 0 radical (unpaired) electrons. The molecule has 2 rings (SSSR count). The predicted molar refractivity (Wildman–Crippen MR) is 80.6 cm³/mol. The topological polar surface area (TPSA) is 21.3 Å². The molecule has 0 bridgehead atoms. The standard InChI is InChI=1S/C17H26FNO/c1-13(2)11-19-12-17(8-5-9-17)10-14-6-4-7-15(20-3)16(14)18/h4,6-7,13,19H,5,8-12H2,1-3H3. The van der Waals surface area contributed by atoms with Crippen LogP contribution in [0.5, 0.6) is 5.75 Å². The molecule has 0 spiro atoms. The predicted octanol–water partition coefficient (Wildman–Crippen LogP) is 3.79. The van der Waals surface area contributed by atoms with Crippen molar-refractivity contribution in [2.75, 3.05) is 20.2 Å². The molecule has 112 valence electrons. The summed E-state index contributed by atoms with van der Waals surface area (Å²) in [5.41, 5.74) is 1.03. The van der Waals surface area contributed by atoms with Gasteiger partial charge in [-0.3, -0.25) is 0 Å². The number of hydrogen-bond acceptors (Lipinski definition) is 2. The highest BCUT2D eigenvalue weighted by molar-refractivity contribution is 5.32. The van der Waals surface area contributed by atoms with Crippen molar-refractivity contribution in [3.63, 3.8) is 0 Å². The van der Waals surface area contributed by atoms with Gasteiger partial charge >= 0.3 is 0 Å². The van der Waals surface area contributed by atoms with Crippen LogP contribution < -0.4 is 10.1 Å². The van der Waals surface area contributed by atoms with Crippen LogP contribution in [0.2, 0.25) is 0 Å². The van der Waals surface area contributed by atoms with Crippen molar-refractivity contribution in [1.82, 2.24) is 5.32 Å². The zero-order chi connectivity index (χ0) is 14.6. The fourth-order valence-corrected chi connectivity index (χ4v) is 2.97. The Morgan fingerprint density at radius 1 is 1.35 bits per heavy atom. The van der Waals surface area contributed by atoms with E-state index < -0.39 is 0 Å². The van der Waals surface area contributed by atoms with Crippen molar-refractivity contribution >= 4 is 0 Å². The number of nitrogens with one attached hydrogen (secondary N) is 1. The fraction of sp³-hybridized carbons (Fsp3) is 0.647. The third-order valence-corrected chi connectivity index (χ3v) is 4.30. The van der Waals surface area contributed by atoms with Gasteiger partial charge in [-0.05, 0) is 48.8 Å². The zero-order valence-electron chi connectivity index (χ0n) is 12.8. The van der Waals surface area contributed by atoms with Gasteiger partial charge in [-0.1, -0.05) is 32.4 Å². The molecule has 1 fully saturated rings. The highest BCUT2D eigenvalue weighted by atomic mass is 19.1. The van der Waals surface area contributed by atoms with Crippen molar-refractivity contribution in [2.24, 2.45) is 11.3 Å². The molecule has 0 aliphatic heterocycles. The van der Waals surface area contributed by atoms with Gasteiger partial charge in [0, 0.05) is 6.54 Å². The van der Waals surface area contributed by atoms with Crippen molar-refractivity contribution < 1.29 is 9.13 Å². The Morgan fingerprint density at radius 2 is 2.10 bits per heavy atom. The molecule has 1 saturated carbocycles. The number of benzene rings is 1. The minimum Gasteiger partial charge on any atom is -0.494 e. The maximum Gasteiger partial charge on any atom is 0.168 e. The summed E-state index contributed by atoms with van der Waals surface area (Å²) < 4.78 is 19.3. The summed E-state index contributed by atoms with van der Waals surface area (Å²) in [6, 6.07) is 5.45. The van der Waals surface area contributed by atoms with E-state index in [1.165, 1.54) is 26.4 Å². The van der Waals surface area contributed by atoms with Crippen LogP contribution in [-0.2, 0) is 6.42 Å². The number of methoxy groups -OCH3 is 1. The molecule has 0 saturated heterocycles. The van der Waals surface area contributed by atoms with E-state index in [9.17, 15) is 4.39 Å². The summed E-state index contributed by atoms with van der Waals surface area (Å²) in [4.78, 5) is 0. The Morgan fingerprint density at radius 3 is 2.65 bits per heavy atom. The van der Waals surface area contributed by atoms with Crippen molar-refractivity contribution in [3.05, 3.63) is 29.6 Å². The molecule has 2 nitrogen and oxygen atoms in total. The van der Waals surface area contributed by atoms with Crippen LogP contribution in [0.3, 0.4) is 0 Å². The average Bonchev–Trinajstić information content (AvgIpc) is 2.37. The fourth-order valence-electron chi connectivity index (χ4n) is 2.97. The lowest BCUT2D eigenvalue weighted by Gasteiger charge is -2.42. The molecule has 0 amide bonds. The maximum absolute atomic E-state index is 14.3. The largest absolute Gasteiger partial charge is 0.494 e. The van der Waals surface area contributed by atoms with Gasteiger partial charge in [0.2, 0.25) is 0 Å². The molecule has 0 heterocycles. The first kappa shape index (κ1) is 15.3. The lowest BCUT2D eigenvalue weighted by molar-refractivity contribution is 0.127. The molecule has 0 aromatic heterocycles. The second kappa shape index (κ2) is 6.57. The number of halogens is 1. The summed E-state index contributed by atoms with van der Waals surface area (Å²) in [5, 5.41) is 3.54. The van der Waals surface area contributed by atoms with Gasteiger partial charge in [0.15, 0.2) is 11.6 Å². The third-order valence-electron chi connectivity index (χ3n) is 4.30. The molecule has 3 heteroatoms. The molecule has 20 heavy (non-hydrogen) atoms. The van der Waals surface area contributed by atoms with Gasteiger partial charge in [-0.15, -0.1) is 0 Å². The molecular formula is C17H26FNO. The second-order valence-electron chi connectivity index (χ2n) is 6.49. The van der Waals surface area contributed by atoms with E-state index in [2.05, 4.69) is 19.2 Å². The van der Waals surface area contributed by atoms with E-state index in [-0.39, 0.29) is 11.2 Å². The van der Waals surface area contributed by atoms with E-state index in [0.717, 1.165) is 25.1 Å². The van der Waals surface area contributed by atoms with Crippen LogP contribution >= 0.6 is 0 Å². The molecule has 0 unspecified atom stereocenters. The van der Waals surface area contributed by atoms with Crippen LogP contribution in [0, 0.1) is 17.2 Å². The number of rotatable bonds is 7. The van der Waals surface area contributed by atoms with Gasteiger partial charge in [0.25, 0.3) is 0 Å². The molecule has 1 aliphatic carbocycles. The highest BCUT2D eigenvalue weighted by Crippen LogP contribution is 2.44. The lowest BCUT2D eigenvalue weighted by atomic mass is 9.65. The quantitative estimate of drug-likeness (QED) is 0.820. The van der Waals surface area contributed by atoms with Crippen LogP contribution in [0.25, 0.3) is 0 Å². The zero-order valence-corrected chi connectivity index (χ0v) is 12.8. The first-order valence-corrected chi connectivity index (χ1v) is 7.58. The second-order valence-corrected chi connectivity index (χ2v) is 6.49. The van der Waals surface area contributed by atoms with E-state index in [0.29, 0.717) is 11.7 Å². The molecule has 1 N–H and O–H groups in total. The summed E-state index contributed by atoms with van der Waals surface area (Å²) in [6.07, 6.45) is 4.44. The number of ether oxygens (including phenoxy) is 1. The van der Waals surface area contributed by atoms with Crippen molar-refractivity contribution in [3.8, 4) is 5.75 Å². The Hall–Kier alpha value is -1.09. The van der Waals surface area contributed by atoms with E-state index in [1.54, 1.807) is 6.07 Å². The molecular weight excluding hydrogens is 253 g/mol. The van der Waals surface area contributed by atoms with Crippen molar-refractivity contribution in [1.29, 1.82) is 0 Å². The highest BCUT2D eigenvalue weighted by Gasteiger charge is 2.37. The van der Waals surface area contributed by atoms with Crippen LogP contribution in [0.4, 0.5) is 4.39 Å². The third kappa shape index (κ3) is 3.51. The molecule has 1 aliphatic rings. The molecule has 1 aromatic carbocycles. The lowest BCUT2D eigenvalue weighted by Crippen LogP contribution is -2.42.